The zero-order valence-electron chi connectivity index (χ0n) is 7.84. The van der Waals surface area contributed by atoms with Crippen molar-refractivity contribution >= 4 is 17.8 Å². The number of nitrogens with two attached hydrogens (primary N) is 2. The number of carbonyl (C=O) groups excluding carboxylic acids is 2. The van der Waals surface area contributed by atoms with Crippen molar-refractivity contribution in [1.82, 2.24) is 5.32 Å². The second-order valence-electron chi connectivity index (χ2n) is 2.85. The van der Waals surface area contributed by atoms with Gasteiger partial charge in [-0.1, -0.05) is 0 Å². The van der Waals surface area contributed by atoms with E-state index in [2.05, 4.69) is 0 Å². The summed E-state index contributed by atoms with van der Waals surface area (Å²) in [5.41, 5.74) is 10.0. The van der Waals surface area contributed by atoms with Crippen LogP contribution in [0.25, 0.3) is 0 Å². The Morgan fingerprint density at radius 3 is 2.20 bits per heavy atom. The number of carboxylic acids is 1. The highest BCUT2D eigenvalue weighted by Crippen LogP contribution is 1.90. The van der Waals surface area contributed by atoms with Crippen LogP contribution in [-0.4, -0.2) is 46.7 Å². The van der Waals surface area contributed by atoms with Gasteiger partial charge in [0, 0.05) is 0 Å². The number of rotatable bonds is 6. The molecular formula is C7H13N3O5. The van der Waals surface area contributed by atoms with Gasteiger partial charge < -0.3 is 27.0 Å². The maximum absolute atomic E-state index is 11.1. The summed E-state index contributed by atoms with van der Waals surface area (Å²) >= 11 is 0. The van der Waals surface area contributed by atoms with Crippen molar-refractivity contribution in [3.05, 3.63) is 0 Å². The number of aliphatic hydroxyl groups is 1. The summed E-state index contributed by atoms with van der Waals surface area (Å²) in [5, 5.41) is 19.0. The van der Waals surface area contributed by atoms with E-state index in [0.29, 0.717) is 0 Å². The molecule has 0 aliphatic heterocycles. The molecule has 86 valence electrons. The molecule has 0 aliphatic rings. The van der Waals surface area contributed by atoms with Crippen LogP contribution >= 0.6 is 0 Å². The third-order valence-corrected chi connectivity index (χ3v) is 1.57. The van der Waals surface area contributed by atoms with E-state index in [1.165, 1.54) is 0 Å². The number of aliphatic carboxylic acids is 1. The predicted molar refractivity (Wildman–Crippen MR) is 48.4 cm³/mol. The molecular weight excluding hydrogens is 206 g/mol. The highest BCUT2D eigenvalue weighted by Gasteiger charge is 2.22. The first-order valence-electron chi connectivity index (χ1n) is 4.06. The third kappa shape index (κ3) is 4.93. The Morgan fingerprint density at radius 1 is 1.33 bits per heavy atom. The number of aliphatic hydroxyl groups excluding tert-OH is 1. The zero-order chi connectivity index (χ0) is 12.0. The fourth-order valence-corrected chi connectivity index (χ4v) is 0.766. The van der Waals surface area contributed by atoms with E-state index in [1.807, 2.05) is 5.32 Å². The number of hydrogen-bond acceptors (Lipinski definition) is 5. The molecule has 0 aromatic rings. The molecule has 0 saturated carbocycles. The first-order chi connectivity index (χ1) is 6.88. The maximum atomic E-state index is 11.1. The predicted octanol–water partition coefficient (Wildman–Crippen LogP) is -3.25. The van der Waals surface area contributed by atoms with Gasteiger partial charge in [-0.05, 0) is 0 Å². The summed E-state index contributed by atoms with van der Waals surface area (Å²) < 4.78 is 0. The Kier molecular flexibility index (Phi) is 5.27. The average molecular weight is 219 g/mol. The lowest BCUT2D eigenvalue weighted by Gasteiger charge is -2.15. The van der Waals surface area contributed by atoms with Crippen molar-refractivity contribution in [2.45, 2.75) is 18.5 Å². The number of primary amides is 1. The minimum Gasteiger partial charge on any atom is -0.481 e. The van der Waals surface area contributed by atoms with Gasteiger partial charge in [-0.3, -0.25) is 14.4 Å². The van der Waals surface area contributed by atoms with Crippen LogP contribution in [0.1, 0.15) is 6.42 Å². The molecule has 0 saturated heterocycles. The molecule has 0 spiro atoms. The summed E-state index contributed by atoms with van der Waals surface area (Å²) in [4.78, 5) is 31.9. The van der Waals surface area contributed by atoms with Gasteiger partial charge in [-0.25, -0.2) is 0 Å². The van der Waals surface area contributed by atoms with Gasteiger partial charge in [0.1, 0.15) is 6.04 Å². The van der Waals surface area contributed by atoms with Gasteiger partial charge in [-0.15, -0.1) is 0 Å². The molecule has 0 aliphatic carbocycles. The molecule has 8 heteroatoms. The smallest absolute Gasteiger partial charge is 0.305 e. The molecule has 0 aromatic heterocycles. The fourth-order valence-electron chi connectivity index (χ4n) is 0.766. The minimum absolute atomic E-state index is 0.567. The Morgan fingerprint density at radius 2 is 1.87 bits per heavy atom. The normalized spacial score (nSPS) is 14.0. The molecule has 0 aromatic carbocycles. The van der Waals surface area contributed by atoms with Crippen LogP contribution in [0.3, 0.4) is 0 Å². The number of amides is 2. The molecule has 0 rings (SSSR count). The summed E-state index contributed by atoms with van der Waals surface area (Å²) in [7, 11) is 0. The molecule has 0 fully saturated rings. The van der Waals surface area contributed by atoms with Crippen molar-refractivity contribution in [2.24, 2.45) is 11.5 Å². The van der Waals surface area contributed by atoms with Crippen molar-refractivity contribution in [2.75, 3.05) is 6.61 Å². The Hall–Kier alpha value is -1.67. The van der Waals surface area contributed by atoms with Gasteiger partial charge in [0.05, 0.1) is 19.1 Å². The van der Waals surface area contributed by atoms with Crippen molar-refractivity contribution in [3.63, 3.8) is 0 Å². The number of carbonyl (C=O) groups is 3. The first kappa shape index (κ1) is 13.3. The second-order valence-corrected chi connectivity index (χ2v) is 2.85. The maximum Gasteiger partial charge on any atom is 0.305 e. The standard InChI is InChI=1S/C7H13N3O5/c8-3(1-5(12)13)7(15)10-4(2-11)6(9)14/h3-4,11H,1-2,8H2,(H2,9,14)(H,10,15)(H,12,13)/t3?,4-/m1/s1. The van der Waals surface area contributed by atoms with Crippen LogP contribution in [-0.2, 0) is 14.4 Å². The fraction of sp³-hybridized carbons (Fsp3) is 0.571. The number of nitrogens with one attached hydrogen (secondary N) is 1. The molecule has 0 bridgehead atoms. The molecule has 8 nitrogen and oxygen atoms in total. The van der Waals surface area contributed by atoms with Crippen LogP contribution in [0.15, 0.2) is 0 Å². The zero-order valence-corrected chi connectivity index (χ0v) is 7.84. The van der Waals surface area contributed by atoms with Crippen LogP contribution < -0.4 is 16.8 Å². The lowest BCUT2D eigenvalue weighted by molar-refractivity contribution is -0.139. The second kappa shape index (κ2) is 5.94. The molecule has 0 heterocycles. The number of hydrogen-bond donors (Lipinski definition) is 5. The van der Waals surface area contributed by atoms with Gasteiger partial charge in [0.15, 0.2) is 0 Å². The van der Waals surface area contributed by atoms with Crippen LogP contribution in [0.4, 0.5) is 0 Å². The van der Waals surface area contributed by atoms with Crippen LogP contribution in [0, 0.1) is 0 Å². The van der Waals surface area contributed by atoms with E-state index in [4.69, 9.17) is 21.7 Å². The number of carboxylic acid groups (broad SMARTS) is 1. The topological polar surface area (TPSA) is 156 Å². The molecule has 0 radical (unpaired) electrons. The summed E-state index contributed by atoms with van der Waals surface area (Å²) in [6.45, 7) is -0.666. The van der Waals surface area contributed by atoms with Gasteiger partial charge in [0.25, 0.3) is 0 Å². The Balaban J connectivity index is 4.21. The van der Waals surface area contributed by atoms with Crippen LogP contribution in [0.5, 0.6) is 0 Å². The van der Waals surface area contributed by atoms with Crippen molar-refractivity contribution in [1.29, 1.82) is 0 Å². The lowest BCUT2D eigenvalue weighted by atomic mass is 10.2. The largest absolute Gasteiger partial charge is 0.481 e. The van der Waals surface area contributed by atoms with Gasteiger partial charge in [-0.2, -0.15) is 0 Å². The van der Waals surface area contributed by atoms with Gasteiger partial charge in [0.2, 0.25) is 11.8 Å². The lowest BCUT2D eigenvalue weighted by Crippen LogP contribution is -2.52. The molecule has 2 atom stereocenters. The van der Waals surface area contributed by atoms with Crippen molar-refractivity contribution in [3.8, 4) is 0 Å². The molecule has 7 N–H and O–H groups in total. The van der Waals surface area contributed by atoms with Crippen LogP contribution in [0.2, 0.25) is 0 Å². The van der Waals surface area contributed by atoms with E-state index in [0.717, 1.165) is 0 Å². The highest BCUT2D eigenvalue weighted by atomic mass is 16.4. The van der Waals surface area contributed by atoms with E-state index >= 15 is 0 Å². The molecule has 15 heavy (non-hydrogen) atoms. The summed E-state index contributed by atoms with van der Waals surface area (Å²) in [5.74, 6) is -3.01. The first-order valence-corrected chi connectivity index (χ1v) is 4.06. The SMILES string of the molecule is NC(=O)[C@@H](CO)NC(=O)C(N)CC(=O)O. The van der Waals surface area contributed by atoms with E-state index in [9.17, 15) is 14.4 Å². The molecule has 1 unspecified atom stereocenters. The third-order valence-electron chi connectivity index (χ3n) is 1.57. The van der Waals surface area contributed by atoms with E-state index in [1.54, 1.807) is 0 Å². The molecule has 2 amide bonds. The van der Waals surface area contributed by atoms with Gasteiger partial charge >= 0.3 is 5.97 Å². The van der Waals surface area contributed by atoms with E-state index < -0.39 is 42.9 Å². The Bertz CT molecular complexity index is 267. The quantitative estimate of drug-likeness (QED) is 0.316. The monoisotopic (exact) mass is 219 g/mol. The van der Waals surface area contributed by atoms with E-state index in [-0.39, 0.29) is 0 Å². The summed E-state index contributed by atoms with van der Waals surface area (Å²) in [6, 6.07) is -2.53. The average Bonchev–Trinajstić information content (AvgIpc) is 2.11. The summed E-state index contributed by atoms with van der Waals surface area (Å²) in [6.07, 6.45) is -0.567. The highest BCUT2D eigenvalue weighted by molar-refractivity contribution is 5.90. The van der Waals surface area contributed by atoms with Crippen molar-refractivity contribution < 1.29 is 24.6 Å². The Labute approximate surface area is 85.2 Å². The minimum atomic E-state index is -1.28.